The molecule has 1 heterocycles. The third-order valence-corrected chi connectivity index (χ3v) is 4.42. The van der Waals surface area contributed by atoms with E-state index < -0.39 is 0 Å². The van der Waals surface area contributed by atoms with Crippen LogP contribution < -0.4 is 5.32 Å². The first-order chi connectivity index (χ1) is 12.2. The molecule has 0 saturated carbocycles. The van der Waals surface area contributed by atoms with Crippen molar-refractivity contribution in [1.29, 1.82) is 0 Å². The molecule has 0 fully saturated rings. The predicted molar refractivity (Wildman–Crippen MR) is 98.2 cm³/mol. The van der Waals surface area contributed by atoms with Crippen LogP contribution in [0.3, 0.4) is 0 Å². The van der Waals surface area contributed by atoms with Gasteiger partial charge in [0.2, 0.25) is 0 Å². The van der Waals surface area contributed by atoms with Crippen LogP contribution in [-0.2, 0) is 0 Å². The van der Waals surface area contributed by atoms with Gasteiger partial charge in [-0.1, -0.05) is 66.2 Å². The first-order valence-corrected chi connectivity index (χ1v) is 8.57. The fraction of sp³-hybridized carbons (Fsp3) is 0.211. The van der Waals surface area contributed by atoms with E-state index in [4.69, 9.17) is 11.6 Å². The number of nitrogens with one attached hydrogen (secondary N) is 1. The molecule has 2 aromatic carbocycles. The molecule has 1 atom stereocenters. The van der Waals surface area contributed by atoms with Gasteiger partial charge in [-0.25, -0.2) is 4.68 Å². The normalized spacial score (nSPS) is 11.9. The SMILES string of the molecule is CCC(CNC(=O)c1cn(-c2ccccc2Cl)nn1)c1ccccc1. The van der Waals surface area contributed by atoms with E-state index in [2.05, 4.69) is 34.7 Å². The Labute approximate surface area is 151 Å². The van der Waals surface area contributed by atoms with Crippen LogP contribution in [0.2, 0.25) is 5.02 Å². The summed E-state index contributed by atoms with van der Waals surface area (Å²) in [5, 5.41) is 11.4. The topological polar surface area (TPSA) is 59.8 Å². The maximum atomic E-state index is 12.4. The highest BCUT2D eigenvalue weighted by Crippen LogP contribution is 2.19. The van der Waals surface area contributed by atoms with Crippen molar-refractivity contribution in [1.82, 2.24) is 20.3 Å². The maximum absolute atomic E-state index is 12.4. The molecule has 1 aromatic heterocycles. The summed E-state index contributed by atoms with van der Waals surface area (Å²) in [5.74, 6) is 0.0245. The molecule has 3 rings (SSSR count). The summed E-state index contributed by atoms with van der Waals surface area (Å²) in [6.45, 7) is 2.66. The molecule has 5 nitrogen and oxygen atoms in total. The summed E-state index contributed by atoms with van der Waals surface area (Å²) in [6, 6.07) is 17.4. The van der Waals surface area contributed by atoms with Gasteiger partial charge in [-0.3, -0.25) is 4.79 Å². The first-order valence-electron chi connectivity index (χ1n) is 8.19. The van der Waals surface area contributed by atoms with Gasteiger partial charge in [-0.2, -0.15) is 0 Å². The zero-order valence-electron chi connectivity index (χ0n) is 13.9. The minimum absolute atomic E-state index is 0.243. The van der Waals surface area contributed by atoms with Crippen molar-refractivity contribution in [3.8, 4) is 5.69 Å². The Morgan fingerprint density at radius 2 is 1.88 bits per heavy atom. The molecule has 0 bridgehead atoms. The lowest BCUT2D eigenvalue weighted by atomic mass is 9.96. The predicted octanol–water partition coefficient (Wildman–Crippen LogP) is 3.84. The highest BCUT2D eigenvalue weighted by Gasteiger charge is 2.15. The van der Waals surface area contributed by atoms with Crippen LogP contribution in [0.4, 0.5) is 0 Å². The van der Waals surface area contributed by atoms with Gasteiger partial charge in [0, 0.05) is 12.5 Å². The van der Waals surface area contributed by atoms with E-state index in [1.807, 2.05) is 36.4 Å². The lowest BCUT2D eigenvalue weighted by Gasteiger charge is -2.15. The summed E-state index contributed by atoms with van der Waals surface area (Å²) in [4.78, 5) is 12.4. The zero-order chi connectivity index (χ0) is 17.6. The van der Waals surface area contributed by atoms with Crippen LogP contribution in [0, 0.1) is 0 Å². The molecule has 0 aliphatic rings. The minimum Gasteiger partial charge on any atom is -0.350 e. The Hall–Kier alpha value is -2.66. The molecule has 1 amide bonds. The average Bonchev–Trinajstić information content (AvgIpc) is 3.13. The quantitative estimate of drug-likeness (QED) is 0.731. The number of rotatable bonds is 6. The van der Waals surface area contributed by atoms with Gasteiger partial charge >= 0.3 is 0 Å². The van der Waals surface area contributed by atoms with E-state index in [-0.39, 0.29) is 17.5 Å². The fourth-order valence-electron chi connectivity index (χ4n) is 2.65. The number of hydrogen-bond donors (Lipinski definition) is 1. The smallest absolute Gasteiger partial charge is 0.273 e. The van der Waals surface area contributed by atoms with Gasteiger partial charge < -0.3 is 5.32 Å². The van der Waals surface area contributed by atoms with Crippen LogP contribution >= 0.6 is 11.6 Å². The molecule has 0 radical (unpaired) electrons. The number of aromatic nitrogens is 3. The van der Waals surface area contributed by atoms with E-state index in [1.165, 1.54) is 10.2 Å². The molecule has 0 saturated heterocycles. The Morgan fingerprint density at radius 1 is 1.16 bits per heavy atom. The van der Waals surface area contributed by atoms with Gasteiger partial charge in [0.15, 0.2) is 5.69 Å². The highest BCUT2D eigenvalue weighted by molar-refractivity contribution is 6.32. The summed E-state index contributed by atoms with van der Waals surface area (Å²) in [6.07, 6.45) is 2.52. The van der Waals surface area contributed by atoms with Crippen molar-refractivity contribution in [2.75, 3.05) is 6.54 Å². The molecule has 0 aliphatic heterocycles. The highest BCUT2D eigenvalue weighted by atomic mass is 35.5. The van der Waals surface area contributed by atoms with Crippen molar-refractivity contribution >= 4 is 17.5 Å². The number of carbonyl (C=O) groups is 1. The second kappa shape index (κ2) is 7.94. The van der Waals surface area contributed by atoms with Crippen LogP contribution in [0.1, 0.15) is 35.3 Å². The minimum atomic E-state index is -0.243. The number of halogens is 1. The fourth-order valence-corrected chi connectivity index (χ4v) is 2.87. The summed E-state index contributed by atoms with van der Waals surface area (Å²) in [7, 11) is 0. The van der Waals surface area contributed by atoms with E-state index in [0.29, 0.717) is 17.3 Å². The molecular weight excluding hydrogens is 336 g/mol. The third kappa shape index (κ3) is 4.06. The Balaban J connectivity index is 1.67. The summed E-state index contributed by atoms with van der Waals surface area (Å²) in [5.41, 5.74) is 2.17. The Kier molecular flexibility index (Phi) is 5.46. The Bertz CT molecular complexity index is 847. The molecule has 1 N–H and O–H groups in total. The second-order valence-electron chi connectivity index (χ2n) is 5.73. The summed E-state index contributed by atoms with van der Waals surface area (Å²) >= 11 is 6.15. The van der Waals surface area contributed by atoms with Crippen molar-refractivity contribution in [3.05, 3.63) is 77.1 Å². The van der Waals surface area contributed by atoms with E-state index in [1.54, 1.807) is 12.3 Å². The molecule has 128 valence electrons. The zero-order valence-corrected chi connectivity index (χ0v) is 14.6. The number of amides is 1. The number of hydrogen-bond acceptors (Lipinski definition) is 3. The van der Waals surface area contributed by atoms with Crippen molar-refractivity contribution < 1.29 is 4.79 Å². The number of benzene rings is 2. The van der Waals surface area contributed by atoms with Gasteiger partial charge in [-0.05, 0) is 24.1 Å². The largest absolute Gasteiger partial charge is 0.350 e. The first kappa shape index (κ1) is 17.2. The summed E-state index contributed by atoms with van der Waals surface area (Å²) < 4.78 is 1.51. The van der Waals surface area contributed by atoms with Gasteiger partial charge in [0.05, 0.1) is 16.9 Å². The number of nitrogens with zero attached hydrogens (tertiary/aromatic N) is 3. The van der Waals surface area contributed by atoms with Gasteiger partial charge in [0.25, 0.3) is 5.91 Å². The lowest BCUT2D eigenvalue weighted by molar-refractivity contribution is 0.0946. The van der Waals surface area contributed by atoms with E-state index in [0.717, 1.165) is 6.42 Å². The number of carbonyl (C=O) groups excluding carboxylic acids is 1. The second-order valence-corrected chi connectivity index (χ2v) is 6.13. The Morgan fingerprint density at radius 3 is 2.60 bits per heavy atom. The van der Waals surface area contributed by atoms with Crippen LogP contribution in [-0.4, -0.2) is 27.4 Å². The van der Waals surface area contributed by atoms with Gasteiger partial charge in [-0.15, -0.1) is 5.10 Å². The van der Waals surface area contributed by atoms with Crippen molar-refractivity contribution in [2.45, 2.75) is 19.3 Å². The lowest BCUT2D eigenvalue weighted by Crippen LogP contribution is -2.28. The van der Waals surface area contributed by atoms with E-state index in [9.17, 15) is 4.79 Å². The van der Waals surface area contributed by atoms with Gasteiger partial charge in [0.1, 0.15) is 0 Å². The van der Waals surface area contributed by atoms with E-state index >= 15 is 0 Å². The van der Waals surface area contributed by atoms with Crippen LogP contribution in [0.15, 0.2) is 60.8 Å². The standard InChI is InChI=1S/C19H19ClN4O/c1-2-14(15-8-4-3-5-9-15)12-21-19(25)17-13-24(23-22-17)18-11-7-6-10-16(18)20/h3-11,13-14H,2,12H2,1H3,(H,21,25). The molecule has 1 unspecified atom stereocenters. The monoisotopic (exact) mass is 354 g/mol. The molecule has 25 heavy (non-hydrogen) atoms. The van der Waals surface area contributed by atoms with Crippen molar-refractivity contribution in [3.63, 3.8) is 0 Å². The molecule has 3 aromatic rings. The van der Waals surface area contributed by atoms with Crippen LogP contribution in [0.25, 0.3) is 5.69 Å². The molecule has 0 spiro atoms. The molecule has 0 aliphatic carbocycles. The third-order valence-electron chi connectivity index (χ3n) is 4.10. The van der Waals surface area contributed by atoms with Crippen LogP contribution in [0.5, 0.6) is 0 Å². The number of para-hydroxylation sites is 1. The van der Waals surface area contributed by atoms with Crippen molar-refractivity contribution in [2.24, 2.45) is 0 Å². The average molecular weight is 355 g/mol. The molecular formula is C19H19ClN4O. The molecule has 6 heteroatoms. The maximum Gasteiger partial charge on any atom is 0.273 e.